The maximum absolute atomic E-state index is 11.1. The van der Waals surface area contributed by atoms with Crippen molar-refractivity contribution in [1.82, 2.24) is 0 Å². The Bertz CT molecular complexity index is 741. The standard InChI is InChI=1S/C22H28ClNO4/c1-13-11-18(28-12-14-5-3-2-4-6-14)21-15(9-10-27-21)19(13)20(26)16-7-8-17(25)22(23)24-16/h2-5,7-8,13-15,17,19-20,22,25-26H,6,9-12H2,1H3. The Hall–Kier alpha value is -1.56. The van der Waals surface area contributed by atoms with E-state index >= 15 is 0 Å². The minimum Gasteiger partial charge on any atom is -0.494 e. The van der Waals surface area contributed by atoms with Crippen molar-refractivity contribution < 1.29 is 19.7 Å². The van der Waals surface area contributed by atoms with Gasteiger partial charge in [0.1, 0.15) is 17.6 Å². The average Bonchev–Trinajstić information content (AvgIpc) is 3.18. The number of dihydropyridines is 1. The van der Waals surface area contributed by atoms with E-state index in [9.17, 15) is 10.2 Å². The van der Waals surface area contributed by atoms with Crippen LogP contribution in [-0.4, -0.2) is 46.8 Å². The van der Waals surface area contributed by atoms with Gasteiger partial charge in [-0.05, 0) is 24.8 Å². The highest BCUT2D eigenvalue weighted by Crippen LogP contribution is 2.46. The first-order valence-electron chi connectivity index (χ1n) is 10.1. The van der Waals surface area contributed by atoms with Gasteiger partial charge in [-0.25, -0.2) is 0 Å². The molecule has 28 heavy (non-hydrogen) atoms. The smallest absolute Gasteiger partial charge is 0.153 e. The Morgan fingerprint density at radius 2 is 2.21 bits per heavy atom. The molecular weight excluding hydrogens is 378 g/mol. The highest BCUT2D eigenvalue weighted by Gasteiger charge is 2.46. The van der Waals surface area contributed by atoms with Gasteiger partial charge in [-0.15, -0.1) is 0 Å². The molecule has 0 spiro atoms. The second-order valence-electron chi connectivity index (χ2n) is 8.13. The molecular formula is C22H28ClNO4. The van der Waals surface area contributed by atoms with Gasteiger partial charge in [-0.3, -0.25) is 4.99 Å². The zero-order valence-corrected chi connectivity index (χ0v) is 16.8. The predicted octanol–water partition coefficient (Wildman–Crippen LogP) is 3.34. The zero-order chi connectivity index (χ0) is 19.7. The van der Waals surface area contributed by atoms with E-state index in [1.165, 1.54) is 0 Å². The van der Waals surface area contributed by atoms with Gasteiger partial charge in [0.15, 0.2) is 5.50 Å². The first-order valence-corrected chi connectivity index (χ1v) is 10.6. The molecule has 0 aromatic rings. The third-order valence-corrected chi connectivity index (χ3v) is 6.51. The lowest BCUT2D eigenvalue weighted by Crippen LogP contribution is -2.42. The van der Waals surface area contributed by atoms with Crippen LogP contribution in [0.25, 0.3) is 0 Å². The molecule has 0 amide bonds. The van der Waals surface area contributed by atoms with E-state index in [1.807, 2.05) is 0 Å². The van der Waals surface area contributed by atoms with Gasteiger partial charge in [0, 0.05) is 24.2 Å². The van der Waals surface area contributed by atoms with Crippen LogP contribution < -0.4 is 0 Å². The number of halogens is 1. The summed E-state index contributed by atoms with van der Waals surface area (Å²) < 4.78 is 12.2. The molecule has 7 unspecified atom stereocenters. The quantitative estimate of drug-likeness (QED) is 0.543. The van der Waals surface area contributed by atoms with Crippen molar-refractivity contribution in [2.24, 2.45) is 28.7 Å². The number of alkyl halides is 1. The van der Waals surface area contributed by atoms with Crippen LogP contribution in [0.2, 0.25) is 0 Å². The maximum atomic E-state index is 11.1. The number of allylic oxidation sites excluding steroid dienone is 5. The van der Waals surface area contributed by atoms with E-state index in [-0.39, 0.29) is 17.8 Å². The number of aliphatic imine (C=N–C) groups is 1. The molecule has 2 N–H and O–H groups in total. The monoisotopic (exact) mass is 405 g/mol. The molecule has 0 aromatic heterocycles. The Kier molecular flexibility index (Phi) is 5.95. The van der Waals surface area contributed by atoms with Crippen LogP contribution in [-0.2, 0) is 9.47 Å². The molecule has 5 nitrogen and oxygen atoms in total. The van der Waals surface area contributed by atoms with Crippen molar-refractivity contribution in [3.8, 4) is 0 Å². The molecule has 152 valence electrons. The number of hydrogen-bond donors (Lipinski definition) is 2. The fraction of sp³-hybridized carbons (Fsp3) is 0.591. The fourth-order valence-corrected chi connectivity index (χ4v) is 4.86. The summed E-state index contributed by atoms with van der Waals surface area (Å²) in [4.78, 5) is 4.30. The van der Waals surface area contributed by atoms with E-state index < -0.39 is 17.7 Å². The first kappa shape index (κ1) is 19.7. The summed E-state index contributed by atoms with van der Waals surface area (Å²) in [6.07, 6.45) is 12.8. The molecule has 6 heteroatoms. The lowest BCUT2D eigenvalue weighted by atomic mass is 9.70. The van der Waals surface area contributed by atoms with Crippen molar-refractivity contribution in [2.75, 3.05) is 13.2 Å². The van der Waals surface area contributed by atoms with Crippen LogP contribution in [0.4, 0.5) is 0 Å². The molecule has 4 rings (SSSR count). The molecule has 4 aliphatic rings. The molecule has 2 heterocycles. The highest BCUT2D eigenvalue weighted by atomic mass is 35.5. The van der Waals surface area contributed by atoms with Gasteiger partial charge in [-0.2, -0.15) is 0 Å². The number of nitrogens with zero attached hydrogens (tertiary/aromatic N) is 1. The number of ether oxygens (including phenoxy) is 2. The van der Waals surface area contributed by atoms with E-state index in [2.05, 4.69) is 36.2 Å². The fourth-order valence-electron chi connectivity index (χ4n) is 4.66. The second kappa shape index (κ2) is 8.44. The highest BCUT2D eigenvalue weighted by molar-refractivity contribution is 6.22. The van der Waals surface area contributed by atoms with Crippen molar-refractivity contribution in [1.29, 1.82) is 0 Å². The lowest BCUT2D eigenvalue weighted by molar-refractivity contribution is 0.0532. The molecule has 0 saturated carbocycles. The van der Waals surface area contributed by atoms with Crippen LogP contribution in [0, 0.1) is 23.7 Å². The molecule has 1 fully saturated rings. The summed E-state index contributed by atoms with van der Waals surface area (Å²) in [5.41, 5.74) is -0.211. The summed E-state index contributed by atoms with van der Waals surface area (Å²) in [6, 6.07) is 0. The largest absolute Gasteiger partial charge is 0.494 e. The topological polar surface area (TPSA) is 71.3 Å². The summed E-state index contributed by atoms with van der Waals surface area (Å²) in [7, 11) is 0. The normalized spacial score (nSPS) is 38.1. The summed E-state index contributed by atoms with van der Waals surface area (Å²) >= 11 is 6.07. The van der Waals surface area contributed by atoms with Gasteiger partial charge in [0.2, 0.25) is 0 Å². The van der Waals surface area contributed by atoms with Crippen LogP contribution in [0.5, 0.6) is 0 Å². The SMILES string of the molecule is CC1CC(OCC2C=CC=CC2)=C2OCCC2C1C(O)C1=NC(Cl)C(O)C=C1. The van der Waals surface area contributed by atoms with Gasteiger partial charge in [-0.1, -0.05) is 48.9 Å². The number of aliphatic hydroxyl groups excluding tert-OH is 2. The second-order valence-corrected chi connectivity index (χ2v) is 8.58. The number of fused-ring (bicyclic) bond motifs is 1. The van der Waals surface area contributed by atoms with Gasteiger partial charge >= 0.3 is 0 Å². The van der Waals surface area contributed by atoms with Gasteiger partial charge in [0.25, 0.3) is 0 Å². The number of hydrogen-bond acceptors (Lipinski definition) is 5. The van der Waals surface area contributed by atoms with Gasteiger partial charge in [0.05, 0.1) is 25.0 Å². The van der Waals surface area contributed by atoms with E-state index in [1.54, 1.807) is 12.2 Å². The first-order chi connectivity index (χ1) is 13.5. The van der Waals surface area contributed by atoms with Crippen molar-refractivity contribution in [3.63, 3.8) is 0 Å². The third-order valence-electron chi connectivity index (χ3n) is 6.15. The molecule has 0 aromatic carbocycles. The number of aliphatic hydroxyl groups is 2. The van der Waals surface area contributed by atoms with Crippen molar-refractivity contribution in [3.05, 3.63) is 48.0 Å². The molecule has 0 radical (unpaired) electrons. The van der Waals surface area contributed by atoms with E-state index in [0.29, 0.717) is 24.8 Å². The molecule has 7 atom stereocenters. The molecule has 0 bridgehead atoms. The van der Waals surface area contributed by atoms with Crippen LogP contribution in [0.3, 0.4) is 0 Å². The summed E-state index contributed by atoms with van der Waals surface area (Å²) in [5.74, 6) is 2.56. The molecule has 2 aliphatic carbocycles. The summed E-state index contributed by atoms with van der Waals surface area (Å²) in [5, 5.41) is 20.8. The Balaban J connectivity index is 1.50. The van der Waals surface area contributed by atoms with Crippen LogP contribution in [0.15, 0.2) is 53.0 Å². The lowest BCUT2D eigenvalue weighted by Gasteiger charge is -2.38. The minimum atomic E-state index is -0.810. The molecule has 2 aliphatic heterocycles. The van der Waals surface area contributed by atoms with Crippen molar-refractivity contribution in [2.45, 2.75) is 43.9 Å². The Morgan fingerprint density at radius 1 is 1.36 bits per heavy atom. The van der Waals surface area contributed by atoms with E-state index in [4.69, 9.17) is 21.1 Å². The Morgan fingerprint density at radius 3 is 2.96 bits per heavy atom. The third kappa shape index (κ3) is 3.93. The maximum Gasteiger partial charge on any atom is 0.153 e. The summed E-state index contributed by atoms with van der Waals surface area (Å²) in [6.45, 7) is 3.45. The van der Waals surface area contributed by atoms with Crippen LogP contribution in [0.1, 0.15) is 26.2 Å². The van der Waals surface area contributed by atoms with Crippen molar-refractivity contribution >= 4 is 17.3 Å². The van der Waals surface area contributed by atoms with Gasteiger partial charge < -0.3 is 19.7 Å². The molecule has 1 saturated heterocycles. The predicted molar refractivity (Wildman–Crippen MR) is 109 cm³/mol. The average molecular weight is 406 g/mol. The van der Waals surface area contributed by atoms with Crippen LogP contribution >= 0.6 is 11.6 Å². The number of rotatable bonds is 5. The van der Waals surface area contributed by atoms with E-state index in [0.717, 1.165) is 30.8 Å². The minimum absolute atomic E-state index is 0.00938. The zero-order valence-electron chi connectivity index (χ0n) is 16.1. The Labute approximate surface area is 171 Å².